The van der Waals surface area contributed by atoms with Crippen LogP contribution in [0.3, 0.4) is 0 Å². The number of hydrogen-bond acceptors (Lipinski definition) is 6. The zero-order valence-corrected chi connectivity index (χ0v) is 8.86. The normalized spacial score (nSPS) is 10.9. The fourth-order valence-corrected chi connectivity index (χ4v) is 1.30. The van der Waals surface area contributed by atoms with Crippen molar-refractivity contribution < 1.29 is 29.3 Å². The Labute approximate surface area is 87.8 Å². The highest BCUT2D eigenvalue weighted by Crippen LogP contribution is 2.29. The Morgan fingerprint density at radius 1 is 1.00 bits per heavy atom. The second-order valence-electron chi connectivity index (χ2n) is 2.91. The first kappa shape index (κ1) is 13.9. The number of esters is 2. The minimum atomic E-state index is -1.44. The Hall–Kier alpha value is -1.14. The summed E-state index contributed by atoms with van der Waals surface area (Å²) >= 11 is 0. The van der Waals surface area contributed by atoms with Gasteiger partial charge in [0.25, 0.3) is 0 Å². The topological polar surface area (TPSA) is 93.1 Å². The van der Waals surface area contributed by atoms with Crippen molar-refractivity contribution in [2.24, 2.45) is 5.41 Å². The summed E-state index contributed by atoms with van der Waals surface area (Å²) in [6.45, 7) is 1.68. The van der Waals surface area contributed by atoms with Gasteiger partial charge in [0.1, 0.15) is 0 Å². The van der Waals surface area contributed by atoms with Crippen molar-refractivity contribution in [3.63, 3.8) is 0 Å². The Morgan fingerprint density at radius 3 is 1.53 bits per heavy atom. The van der Waals surface area contributed by atoms with Gasteiger partial charge in [0, 0.05) is 0 Å². The van der Waals surface area contributed by atoms with E-state index in [-0.39, 0.29) is 12.8 Å². The first-order chi connectivity index (χ1) is 7.08. The van der Waals surface area contributed by atoms with E-state index >= 15 is 0 Å². The highest BCUT2D eigenvalue weighted by Gasteiger charge is 2.45. The summed E-state index contributed by atoms with van der Waals surface area (Å²) < 4.78 is 8.78. The first-order valence-electron chi connectivity index (χ1n) is 4.65. The third-order valence-electron chi connectivity index (χ3n) is 2.38. The van der Waals surface area contributed by atoms with Gasteiger partial charge in [0.15, 0.2) is 19.0 Å². The molecule has 0 saturated carbocycles. The lowest BCUT2D eigenvalue weighted by molar-refractivity contribution is -0.182. The Morgan fingerprint density at radius 2 is 1.33 bits per heavy atom. The predicted molar refractivity (Wildman–Crippen MR) is 49.4 cm³/mol. The molecule has 0 aliphatic heterocycles. The van der Waals surface area contributed by atoms with Crippen molar-refractivity contribution in [3.05, 3.63) is 0 Å². The number of aliphatic hydroxyl groups is 2. The standard InChI is InChI=1S/C9H16O6/c1-3-9(4-2,7(12)14-5-10)8(13)15-6-11/h10-11H,3-6H2,1-2H3. The highest BCUT2D eigenvalue weighted by atomic mass is 16.6. The smallest absolute Gasteiger partial charge is 0.325 e. The molecule has 0 spiro atoms. The van der Waals surface area contributed by atoms with E-state index in [1.165, 1.54) is 0 Å². The lowest BCUT2D eigenvalue weighted by atomic mass is 9.82. The molecule has 6 nitrogen and oxygen atoms in total. The van der Waals surface area contributed by atoms with Gasteiger partial charge in [-0.2, -0.15) is 0 Å². The number of hydrogen-bond donors (Lipinski definition) is 2. The third-order valence-corrected chi connectivity index (χ3v) is 2.38. The number of aliphatic hydroxyl groups excluding tert-OH is 2. The van der Waals surface area contributed by atoms with Gasteiger partial charge >= 0.3 is 11.9 Å². The van der Waals surface area contributed by atoms with Gasteiger partial charge in [-0.3, -0.25) is 9.59 Å². The van der Waals surface area contributed by atoms with Crippen LogP contribution in [0.1, 0.15) is 26.7 Å². The summed E-state index contributed by atoms with van der Waals surface area (Å²) in [4.78, 5) is 23.0. The van der Waals surface area contributed by atoms with Crippen LogP contribution < -0.4 is 0 Å². The zero-order valence-electron chi connectivity index (χ0n) is 8.86. The van der Waals surface area contributed by atoms with Gasteiger partial charge in [-0.1, -0.05) is 13.8 Å². The molecule has 2 N–H and O–H groups in total. The van der Waals surface area contributed by atoms with E-state index in [2.05, 4.69) is 9.47 Å². The molecule has 0 atom stereocenters. The van der Waals surface area contributed by atoms with Crippen LogP contribution in [0.5, 0.6) is 0 Å². The van der Waals surface area contributed by atoms with Gasteiger partial charge in [-0.05, 0) is 12.8 Å². The van der Waals surface area contributed by atoms with Crippen molar-refractivity contribution in [2.45, 2.75) is 26.7 Å². The van der Waals surface area contributed by atoms with Gasteiger partial charge in [-0.15, -0.1) is 0 Å². The monoisotopic (exact) mass is 220 g/mol. The van der Waals surface area contributed by atoms with E-state index in [0.717, 1.165) is 0 Å². The molecule has 0 amide bonds. The van der Waals surface area contributed by atoms with Crippen LogP contribution in [0, 0.1) is 5.41 Å². The second kappa shape index (κ2) is 6.36. The molecule has 15 heavy (non-hydrogen) atoms. The molecule has 0 aromatic carbocycles. The van der Waals surface area contributed by atoms with Gasteiger partial charge < -0.3 is 19.7 Å². The van der Waals surface area contributed by atoms with Gasteiger partial charge in [-0.25, -0.2) is 0 Å². The van der Waals surface area contributed by atoms with Crippen molar-refractivity contribution in [3.8, 4) is 0 Å². The summed E-state index contributed by atoms with van der Waals surface area (Å²) in [7, 11) is 0. The van der Waals surface area contributed by atoms with Crippen LogP contribution in [0.15, 0.2) is 0 Å². The summed E-state index contributed by atoms with van der Waals surface area (Å²) in [5, 5.41) is 16.9. The number of ether oxygens (including phenoxy) is 2. The highest BCUT2D eigenvalue weighted by molar-refractivity contribution is 5.99. The number of carbonyl (C=O) groups excluding carboxylic acids is 2. The third kappa shape index (κ3) is 2.90. The molecule has 0 heterocycles. The maximum Gasteiger partial charge on any atom is 0.325 e. The molecule has 0 aromatic heterocycles. The van der Waals surface area contributed by atoms with Crippen LogP contribution in [-0.2, 0) is 19.1 Å². The summed E-state index contributed by atoms with van der Waals surface area (Å²) in [5.74, 6) is -1.68. The molecule has 0 aliphatic rings. The molecule has 0 saturated heterocycles. The van der Waals surface area contributed by atoms with Crippen molar-refractivity contribution in [1.29, 1.82) is 0 Å². The van der Waals surface area contributed by atoms with E-state index in [9.17, 15) is 9.59 Å². The number of rotatable bonds is 6. The summed E-state index contributed by atoms with van der Waals surface area (Å²) in [6.07, 6.45) is 0.363. The lowest BCUT2D eigenvalue weighted by Gasteiger charge is -2.25. The minimum absolute atomic E-state index is 0.182. The molecule has 0 fully saturated rings. The first-order valence-corrected chi connectivity index (χ1v) is 4.65. The Kier molecular flexibility index (Phi) is 5.88. The van der Waals surface area contributed by atoms with Crippen molar-refractivity contribution in [2.75, 3.05) is 13.6 Å². The predicted octanol–water partition coefficient (Wildman–Crippen LogP) is -0.221. The SMILES string of the molecule is CCC(CC)(C(=O)OCO)C(=O)OCO. The quantitative estimate of drug-likeness (QED) is 0.365. The maximum absolute atomic E-state index is 11.5. The molecule has 0 unspecified atom stereocenters. The van der Waals surface area contributed by atoms with E-state index in [1.54, 1.807) is 13.8 Å². The van der Waals surface area contributed by atoms with Gasteiger partial charge in [0.2, 0.25) is 0 Å². The van der Waals surface area contributed by atoms with Gasteiger partial charge in [0.05, 0.1) is 0 Å². The van der Waals surface area contributed by atoms with Crippen LogP contribution in [0.25, 0.3) is 0 Å². The molecular formula is C9H16O6. The molecule has 0 aliphatic carbocycles. The summed E-state index contributed by atoms with van der Waals surface area (Å²) in [5.41, 5.74) is -1.44. The van der Waals surface area contributed by atoms with Crippen molar-refractivity contribution in [1.82, 2.24) is 0 Å². The van der Waals surface area contributed by atoms with E-state index < -0.39 is 30.9 Å². The van der Waals surface area contributed by atoms with Crippen LogP contribution in [0.2, 0.25) is 0 Å². The minimum Gasteiger partial charge on any atom is -0.438 e. The molecule has 6 heteroatoms. The van der Waals surface area contributed by atoms with E-state index in [4.69, 9.17) is 10.2 Å². The second-order valence-corrected chi connectivity index (χ2v) is 2.91. The summed E-state index contributed by atoms with van der Waals surface area (Å²) in [6, 6.07) is 0. The fourth-order valence-electron chi connectivity index (χ4n) is 1.30. The Balaban J connectivity index is 4.86. The zero-order chi connectivity index (χ0) is 11.9. The molecule has 0 radical (unpaired) electrons. The molecule has 88 valence electrons. The van der Waals surface area contributed by atoms with Crippen LogP contribution >= 0.6 is 0 Å². The van der Waals surface area contributed by atoms with Crippen LogP contribution in [-0.4, -0.2) is 35.7 Å². The fraction of sp³-hybridized carbons (Fsp3) is 0.778. The average Bonchev–Trinajstić information content (AvgIpc) is 2.21. The lowest BCUT2D eigenvalue weighted by Crippen LogP contribution is -2.41. The van der Waals surface area contributed by atoms with E-state index in [1.807, 2.05) is 0 Å². The molecule has 0 rings (SSSR count). The largest absolute Gasteiger partial charge is 0.438 e. The molecule has 0 aromatic rings. The van der Waals surface area contributed by atoms with Crippen molar-refractivity contribution >= 4 is 11.9 Å². The van der Waals surface area contributed by atoms with Crippen LogP contribution in [0.4, 0.5) is 0 Å². The Bertz CT molecular complexity index is 201. The number of carbonyl (C=O) groups is 2. The molecular weight excluding hydrogens is 204 g/mol. The van der Waals surface area contributed by atoms with E-state index in [0.29, 0.717) is 0 Å². The average molecular weight is 220 g/mol. The molecule has 0 bridgehead atoms. The maximum atomic E-state index is 11.5.